The van der Waals surface area contributed by atoms with Gasteiger partial charge < -0.3 is 9.64 Å². The number of benzene rings is 2. The Labute approximate surface area is 199 Å². The lowest BCUT2D eigenvalue weighted by Crippen LogP contribution is -2.27. The number of likely N-dealkylation sites (tertiary alicyclic amines) is 1. The van der Waals surface area contributed by atoms with Gasteiger partial charge in [0.25, 0.3) is 5.69 Å². The zero-order valence-electron chi connectivity index (χ0n) is 17.8. The fraction of sp³-hybridized carbons (Fsp3) is 0.409. The number of nitro groups is 1. The van der Waals surface area contributed by atoms with Gasteiger partial charge in [-0.3, -0.25) is 10.1 Å². The third-order valence-corrected chi connectivity index (χ3v) is 7.54. The first kappa shape index (κ1) is 24.9. The minimum Gasteiger partial charge on any atom is -0.493 e. The van der Waals surface area contributed by atoms with Crippen LogP contribution in [-0.2, 0) is 10.0 Å². The summed E-state index contributed by atoms with van der Waals surface area (Å²) in [5, 5.41) is 19.9. The largest absolute Gasteiger partial charge is 0.493 e. The highest BCUT2D eigenvalue weighted by atomic mass is 35.5. The van der Waals surface area contributed by atoms with E-state index in [-0.39, 0.29) is 23.0 Å². The maximum atomic E-state index is 12.3. The predicted octanol–water partition coefficient (Wildman–Crippen LogP) is 3.05. The van der Waals surface area contributed by atoms with Crippen LogP contribution < -0.4 is 9.46 Å². The van der Waals surface area contributed by atoms with Crippen LogP contribution in [0.5, 0.6) is 5.75 Å². The lowest BCUT2D eigenvalue weighted by Gasteiger charge is -2.27. The van der Waals surface area contributed by atoms with E-state index in [1.54, 1.807) is 6.07 Å². The molecule has 2 aliphatic heterocycles. The average molecular weight is 493 g/mol. The van der Waals surface area contributed by atoms with Crippen LogP contribution in [0.3, 0.4) is 0 Å². The first-order valence-electron chi connectivity index (χ1n) is 10.5. The number of nitrogens with one attached hydrogen (secondary N) is 1. The van der Waals surface area contributed by atoms with Crippen molar-refractivity contribution in [3.63, 3.8) is 0 Å². The van der Waals surface area contributed by atoms with Gasteiger partial charge in [-0.1, -0.05) is 0 Å². The minimum atomic E-state index is -3.69. The van der Waals surface area contributed by atoms with Gasteiger partial charge >= 0.3 is 0 Å². The van der Waals surface area contributed by atoms with Crippen molar-refractivity contribution in [2.24, 2.45) is 5.92 Å². The molecule has 1 N–H and O–H groups in total. The van der Waals surface area contributed by atoms with Crippen molar-refractivity contribution >= 4 is 28.1 Å². The van der Waals surface area contributed by atoms with E-state index >= 15 is 0 Å². The number of hydrogen-bond donors (Lipinski definition) is 1. The molecule has 2 aliphatic rings. The predicted molar refractivity (Wildman–Crippen MR) is 124 cm³/mol. The standard InChI is InChI=1S/C22H24N4O5S.ClH/c23-12-16-3-8-22-20(11-16)21-14-25(13-17(21)15-31-22)10-2-1-9-24-32(29,30)19-6-4-18(5-7-19)26(27)28;/h3-8,11,17,21,24H,1-2,9-10,13-15H2;1H/t17-,21+;/m0./s1. The first-order chi connectivity index (χ1) is 15.4. The average Bonchev–Trinajstić information content (AvgIpc) is 3.22. The number of sulfonamides is 1. The molecule has 4 rings (SSSR count). The zero-order valence-corrected chi connectivity index (χ0v) is 19.5. The van der Waals surface area contributed by atoms with E-state index in [0.29, 0.717) is 37.0 Å². The number of nitro benzene ring substituents is 1. The van der Waals surface area contributed by atoms with Crippen LogP contribution in [0.15, 0.2) is 47.4 Å². The molecule has 0 saturated carbocycles. The molecule has 2 atom stereocenters. The SMILES string of the molecule is Cl.N#Cc1ccc2c(c1)[C@@H]1CN(CCCCNS(=O)(=O)c3ccc([N+](=O)[O-])cc3)C[C@H]1CO2. The maximum Gasteiger partial charge on any atom is 0.269 e. The van der Waals surface area contributed by atoms with E-state index in [1.165, 1.54) is 24.3 Å². The van der Waals surface area contributed by atoms with Gasteiger partial charge in [-0.05, 0) is 49.7 Å². The Morgan fingerprint density at radius 3 is 2.64 bits per heavy atom. The van der Waals surface area contributed by atoms with Crippen molar-refractivity contribution in [2.75, 3.05) is 32.8 Å². The Hall–Kier alpha value is -2.71. The number of hydrogen-bond acceptors (Lipinski definition) is 7. The Bertz CT molecular complexity index is 1150. The van der Waals surface area contributed by atoms with Gasteiger partial charge in [0, 0.05) is 49.2 Å². The lowest BCUT2D eigenvalue weighted by atomic mass is 9.86. The monoisotopic (exact) mass is 492 g/mol. The summed E-state index contributed by atoms with van der Waals surface area (Å²) in [4.78, 5) is 12.5. The number of nitriles is 1. The van der Waals surface area contributed by atoms with Crippen LogP contribution in [0, 0.1) is 27.4 Å². The lowest BCUT2D eigenvalue weighted by molar-refractivity contribution is -0.384. The Balaban J connectivity index is 0.00000306. The molecule has 2 aromatic rings. The summed E-state index contributed by atoms with van der Waals surface area (Å²) in [5.41, 5.74) is 1.61. The van der Waals surface area contributed by atoms with E-state index in [9.17, 15) is 23.8 Å². The minimum absolute atomic E-state index is 0. The first-order valence-corrected chi connectivity index (χ1v) is 12.0. The topological polar surface area (TPSA) is 126 Å². The fourth-order valence-corrected chi connectivity index (χ4v) is 5.47. The molecular weight excluding hydrogens is 468 g/mol. The number of halogens is 1. The van der Waals surface area contributed by atoms with Crippen LogP contribution in [0.2, 0.25) is 0 Å². The van der Waals surface area contributed by atoms with E-state index in [0.717, 1.165) is 37.4 Å². The summed E-state index contributed by atoms with van der Waals surface area (Å²) in [6.45, 7) is 3.67. The molecular formula is C22H25ClN4O5S. The third kappa shape index (κ3) is 5.62. The number of nitrogens with zero attached hydrogens (tertiary/aromatic N) is 3. The maximum absolute atomic E-state index is 12.3. The van der Waals surface area contributed by atoms with Crippen LogP contribution in [0.4, 0.5) is 5.69 Å². The molecule has 2 aromatic carbocycles. The van der Waals surface area contributed by atoms with Crippen molar-refractivity contribution in [3.8, 4) is 11.8 Å². The normalized spacial score (nSPS) is 19.5. The van der Waals surface area contributed by atoms with Gasteiger partial charge in [0.15, 0.2) is 0 Å². The van der Waals surface area contributed by atoms with Gasteiger partial charge in [-0.15, -0.1) is 12.4 Å². The Kier molecular flexibility index (Phi) is 7.92. The van der Waals surface area contributed by atoms with Gasteiger partial charge in [0.05, 0.1) is 28.1 Å². The van der Waals surface area contributed by atoms with Crippen LogP contribution in [0.1, 0.15) is 29.9 Å². The molecule has 0 radical (unpaired) electrons. The molecule has 33 heavy (non-hydrogen) atoms. The van der Waals surface area contributed by atoms with Crippen molar-refractivity contribution < 1.29 is 18.1 Å². The molecule has 11 heteroatoms. The number of fused-ring (bicyclic) bond motifs is 3. The number of ether oxygens (including phenoxy) is 1. The number of non-ortho nitro benzene ring substituents is 1. The smallest absolute Gasteiger partial charge is 0.269 e. The second kappa shape index (κ2) is 10.5. The summed E-state index contributed by atoms with van der Waals surface area (Å²) in [7, 11) is -3.69. The summed E-state index contributed by atoms with van der Waals surface area (Å²) < 4.78 is 33.1. The van der Waals surface area contributed by atoms with Crippen LogP contribution >= 0.6 is 12.4 Å². The Morgan fingerprint density at radius 1 is 1.18 bits per heavy atom. The molecule has 1 saturated heterocycles. The Morgan fingerprint density at radius 2 is 1.94 bits per heavy atom. The van der Waals surface area contributed by atoms with E-state index in [4.69, 9.17) is 4.74 Å². The molecule has 2 heterocycles. The fourth-order valence-electron chi connectivity index (χ4n) is 4.40. The molecule has 0 aromatic heterocycles. The number of unbranched alkanes of at least 4 members (excludes halogenated alkanes) is 1. The molecule has 0 amide bonds. The highest BCUT2D eigenvalue weighted by Gasteiger charge is 2.38. The van der Waals surface area contributed by atoms with Crippen molar-refractivity contribution in [2.45, 2.75) is 23.7 Å². The molecule has 0 aliphatic carbocycles. The molecule has 0 spiro atoms. The highest BCUT2D eigenvalue weighted by molar-refractivity contribution is 7.89. The highest BCUT2D eigenvalue weighted by Crippen LogP contribution is 2.41. The van der Waals surface area contributed by atoms with Gasteiger partial charge in [-0.25, -0.2) is 13.1 Å². The summed E-state index contributed by atoms with van der Waals surface area (Å²) >= 11 is 0. The second-order valence-corrected chi connectivity index (χ2v) is 9.92. The van der Waals surface area contributed by atoms with Crippen molar-refractivity contribution in [1.29, 1.82) is 5.26 Å². The number of rotatable bonds is 8. The van der Waals surface area contributed by atoms with Crippen molar-refractivity contribution in [1.82, 2.24) is 9.62 Å². The molecule has 1 fully saturated rings. The summed E-state index contributed by atoms with van der Waals surface area (Å²) in [6, 6.07) is 12.6. The molecule has 9 nitrogen and oxygen atoms in total. The third-order valence-electron chi connectivity index (χ3n) is 6.06. The van der Waals surface area contributed by atoms with E-state index in [2.05, 4.69) is 15.7 Å². The van der Waals surface area contributed by atoms with Gasteiger partial charge in [0.2, 0.25) is 10.0 Å². The van der Waals surface area contributed by atoms with Crippen LogP contribution in [-0.4, -0.2) is 51.0 Å². The van der Waals surface area contributed by atoms with Gasteiger partial charge in [0.1, 0.15) is 5.75 Å². The quantitative estimate of drug-likeness (QED) is 0.341. The summed E-state index contributed by atoms with van der Waals surface area (Å²) in [6.07, 6.45) is 1.53. The molecule has 0 bridgehead atoms. The molecule has 0 unspecified atom stereocenters. The van der Waals surface area contributed by atoms with E-state index < -0.39 is 14.9 Å². The van der Waals surface area contributed by atoms with Gasteiger partial charge in [-0.2, -0.15) is 5.26 Å². The zero-order chi connectivity index (χ0) is 22.7. The van der Waals surface area contributed by atoms with Crippen LogP contribution in [0.25, 0.3) is 0 Å². The van der Waals surface area contributed by atoms with Crippen molar-refractivity contribution in [3.05, 3.63) is 63.7 Å². The van der Waals surface area contributed by atoms with E-state index in [1.807, 2.05) is 12.1 Å². The second-order valence-electron chi connectivity index (χ2n) is 8.16. The summed E-state index contributed by atoms with van der Waals surface area (Å²) in [5.74, 6) is 1.62. The molecule has 176 valence electrons.